The number of carboxylic acid groups (broad SMARTS) is 1. The van der Waals surface area contributed by atoms with Gasteiger partial charge in [-0.15, -0.1) is 0 Å². The first-order chi connectivity index (χ1) is 18.5. The van der Waals surface area contributed by atoms with E-state index in [9.17, 15) is 19.5 Å². The zero-order valence-corrected chi connectivity index (χ0v) is 23.9. The van der Waals surface area contributed by atoms with Crippen molar-refractivity contribution in [2.24, 2.45) is 5.10 Å². The molecule has 0 unspecified atom stereocenters. The second kappa shape index (κ2) is 18.3. The third kappa shape index (κ3) is 13.5. The van der Waals surface area contributed by atoms with Gasteiger partial charge in [0, 0.05) is 20.5 Å². The highest BCUT2D eigenvalue weighted by molar-refractivity contribution is 5.99. The summed E-state index contributed by atoms with van der Waals surface area (Å²) in [5, 5.41) is 14.7. The quantitative estimate of drug-likeness (QED) is 0.147. The van der Waals surface area contributed by atoms with Gasteiger partial charge in [-0.25, -0.2) is 9.80 Å². The first kappa shape index (κ1) is 34.0. The smallest absolute Gasteiger partial charge is 0.407 e. The molecule has 1 N–H and O–H groups in total. The molecule has 0 saturated heterocycles. The highest BCUT2D eigenvalue weighted by atomic mass is 16.6. The van der Waals surface area contributed by atoms with Gasteiger partial charge in [-0.2, -0.15) is 5.10 Å². The van der Waals surface area contributed by atoms with Crippen LogP contribution in [-0.2, 0) is 28.5 Å². The predicted octanol–water partition coefficient (Wildman–Crippen LogP) is 2.68. The van der Waals surface area contributed by atoms with Crippen LogP contribution in [0.25, 0.3) is 0 Å². The van der Waals surface area contributed by atoms with Crippen LogP contribution in [0, 0.1) is 0 Å². The number of ether oxygens (including phenoxy) is 5. The number of carbonyl (C=O) groups is 3. The summed E-state index contributed by atoms with van der Waals surface area (Å²) in [4.78, 5) is 35.7. The maximum absolute atomic E-state index is 12.7. The molecule has 39 heavy (non-hydrogen) atoms. The number of hydrogen-bond donors (Lipinski definition) is 1. The molecule has 1 aromatic rings. The van der Waals surface area contributed by atoms with E-state index in [4.69, 9.17) is 23.7 Å². The van der Waals surface area contributed by atoms with Crippen molar-refractivity contribution in [1.82, 2.24) is 9.91 Å². The van der Waals surface area contributed by atoms with Crippen molar-refractivity contribution in [3.8, 4) is 5.75 Å². The molecule has 0 aliphatic heterocycles. The van der Waals surface area contributed by atoms with E-state index in [2.05, 4.69) is 5.10 Å². The summed E-state index contributed by atoms with van der Waals surface area (Å²) in [6.07, 6.45) is -0.770. The maximum atomic E-state index is 12.7. The molecule has 12 heteroatoms. The van der Waals surface area contributed by atoms with Gasteiger partial charge in [-0.05, 0) is 57.5 Å². The number of ketones is 1. The van der Waals surface area contributed by atoms with Crippen LogP contribution in [0.2, 0.25) is 0 Å². The summed E-state index contributed by atoms with van der Waals surface area (Å²) < 4.78 is 27.3. The zero-order valence-electron chi connectivity index (χ0n) is 23.9. The van der Waals surface area contributed by atoms with E-state index in [0.717, 1.165) is 15.5 Å². The molecule has 1 rings (SSSR count). The number of hydrazone groups is 1. The first-order valence-corrected chi connectivity index (χ1v) is 12.8. The second-order valence-corrected chi connectivity index (χ2v) is 9.19. The Hall–Kier alpha value is -3.06. The molecular weight excluding hydrogens is 510 g/mol. The largest absolute Gasteiger partial charge is 0.491 e. The van der Waals surface area contributed by atoms with Crippen LogP contribution < -0.4 is 4.74 Å². The molecule has 0 heterocycles. The second-order valence-electron chi connectivity index (χ2n) is 9.19. The number of Topliss-reactive ketones (excluding diaryl/α,β-unsaturated/α-hetero) is 1. The first-order valence-electron chi connectivity index (χ1n) is 12.8. The van der Waals surface area contributed by atoms with Crippen molar-refractivity contribution in [2.75, 3.05) is 73.6 Å². The topological polar surface area (TPSA) is 136 Å². The van der Waals surface area contributed by atoms with Crippen LogP contribution in [0.5, 0.6) is 5.75 Å². The van der Waals surface area contributed by atoms with E-state index >= 15 is 0 Å². The zero-order chi connectivity index (χ0) is 29.3. The molecule has 0 aliphatic carbocycles. The van der Waals surface area contributed by atoms with E-state index < -0.39 is 17.5 Å². The molecule has 220 valence electrons. The number of likely N-dealkylation sites (N-methyl/N-ethyl adjacent to an activating group) is 2. The number of carbonyl (C=O) groups excluding carboxylic acids is 2. The van der Waals surface area contributed by atoms with E-state index in [0.29, 0.717) is 77.3 Å². The normalized spacial score (nSPS) is 11.8. The van der Waals surface area contributed by atoms with E-state index in [1.807, 2.05) is 12.1 Å². The summed E-state index contributed by atoms with van der Waals surface area (Å²) in [6, 6.07) is 7.26. The van der Waals surface area contributed by atoms with Gasteiger partial charge in [-0.1, -0.05) is 0 Å². The standard InChI is InChI=1S/C27H43N3O9/c1-21(31)11-12-35-13-14-36-15-16-37-17-18-38-19-20-39-24-9-7-23(8-10-24)22(2)28-30(6)25(32)27(3,4)29(5)26(33)34/h7-10H,11-20H2,1-6H3,(H,33,34)/b28-22+. The highest BCUT2D eigenvalue weighted by Gasteiger charge is 2.37. The fourth-order valence-electron chi connectivity index (χ4n) is 3.10. The fraction of sp³-hybridized carbons (Fsp3) is 0.630. The average molecular weight is 554 g/mol. The Morgan fingerprint density at radius 3 is 1.72 bits per heavy atom. The molecule has 1 aromatic carbocycles. The van der Waals surface area contributed by atoms with Gasteiger partial charge in [0.25, 0.3) is 5.91 Å². The Labute approximate surface area is 230 Å². The van der Waals surface area contributed by atoms with Gasteiger partial charge in [-0.3, -0.25) is 14.5 Å². The Morgan fingerprint density at radius 2 is 1.26 bits per heavy atom. The minimum atomic E-state index is -1.26. The molecule has 12 nitrogen and oxygen atoms in total. The molecule has 0 atom stereocenters. The molecule has 0 bridgehead atoms. The van der Waals surface area contributed by atoms with Crippen LogP contribution in [0.3, 0.4) is 0 Å². The van der Waals surface area contributed by atoms with Crippen LogP contribution in [-0.4, -0.2) is 118 Å². The molecule has 2 amide bonds. The number of benzene rings is 1. The van der Waals surface area contributed by atoms with Crippen LogP contribution in [0.4, 0.5) is 4.79 Å². The van der Waals surface area contributed by atoms with Crippen LogP contribution >= 0.6 is 0 Å². The summed E-state index contributed by atoms with van der Waals surface area (Å²) >= 11 is 0. The minimum Gasteiger partial charge on any atom is -0.491 e. The van der Waals surface area contributed by atoms with Crippen LogP contribution in [0.1, 0.15) is 39.7 Å². The molecule has 0 saturated carbocycles. The van der Waals surface area contributed by atoms with E-state index in [-0.39, 0.29) is 5.78 Å². The third-order valence-electron chi connectivity index (χ3n) is 5.73. The molecule has 0 radical (unpaired) electrons. The molecule has 0 aromatic heterocycles. The van der Waals surface area contributed by atoms with Crippen molar-refractivity contribution in [2.45, 2.75) is 39.7 Å². The highest BCUT2D eigenvalue weighted by Crippen LogP contribution is 2.17. The summed E-state index contributed by atoms with van der Waals surface area (Å²) in [5.41, 5.74) is 0.126. The Balaban J connectivity index is 2.22. The van der Waals surface area contributed by atoms with E-state index in [1.54, 1.807) is 19.1 Å². The van der Waals surface area contributed by atoms with Crippen molar-refractivity contribution in [1.29, 1.82) is 0 Å². The maximum Gasteiger partial charge on any atom is 0.407 e. The van der Waals surface area contributed by atoms with Gasteiger partial charge >= 0.3 is 6.09 Å². The lowest BCUT2D eigenvalue weighted by Gasteiger charge is -2.33. The fourth-order valence-corrected chi connectivity index (χ4v) is 3.10. The summed E-state index contributed by atoms with van der Waals surface area (Å²) in [7, 11) is 2.84. The molecule has 0 spiro atoms. The van der Waals surface area contributed by atoms with E-state index in [1.165, 1.54) is 34.9 Å². The van der Waals surface area contributed by atoms with Crippen molar-refractivity contribution >= 4 is 23.5 Å². The number of hydrogen-bond acceptors (Lipinski definition) is 9. The van der Waals surface area contributed by atoms with Gasteiger partial charge in [0.1, 0.15) is 23.7 Å². The SMILES string of the molecule is CC(=O)CCOCCOCCOCCOCCOc1ccc(/C(C)=N/N(C)C(=O)C(C)(C)N(C)C(=O)O)cc1. The van der Waals surface area contributed by atoms with Crippen molar-refractivity contribution in [3.05, 3.63) is 29.8 Å². The summed E-state index contributed by atoms with van der Waals surface area (Å²) in [5.74, 6) is 0.330. The summed E-state index contributed by atoms with van der Waals surface area (Å²) in [6.45, 7) is 10.3. The Kier molecular flexibility index (Phi) is 15.9. The molecule has 0 fully saturated rings. The molecular formula is C27H43N3O9. The average Bonchev–Trinajstić information content (AvgIpc) is 2.89. The number of nitrogens with zero attached hydrogens (tertiary/aromatic N) is 3. The lowest BCUT2D eigenvalue weighted by Crippen LogP contribution is -2.54. The lowest BCUT2D eigenvalue weighted by molar-refractivity contribution is -0.139. The third-order valence-corrected chi connectivity index (χ3v) is 5.73. The van der Waals surface area contributed by atoms with Crippen molar-refractivity contribution in [3.63, 3.8) is 0 Å². The van der Waals surface area contributed by atoms with Crippen molar-refractivity contribution < 1.29 is 43.2 Å². The Morgan fingerprint density at radius 1 is 0.795 bits per heavy atom. The van der Waals surface area contributed by atoms with Crippen LogP contribution in [0.15, 0.2) is 29.4 Å². The molecule has 0 aliphatic rings. The minimum absolute atomic E-state index is 0.111. The monoisotopic (exact) mass is 553 g/mol. The number of rotatable bonds is 20. The van der Waals surface area contributed by atoms with Gasteiger partial charge in [0.05, 0.1) is 58.6 Å². The Bertz CT molecular complexity index is 920. The predicted molar refractivity (Wildman–Crippen MR) is 145 cm³/mol. The van der Waals surface area contributed by atoms with Gasteiger partial charge in [0.15, 0.2) is 0 Å². The van der Waals surface area contributed by atoms with Gasteiger partial charge in [0.2, 0.25) is 0 Å². The van der Waals surface area contributed by atoms with Gasteiger partial charge < -0.3 is 28.8 Å². The number of amides is 2. The lowest BCUT2D eigenvalue weighted by atomic mass is 10.0.